The van der Waals surface area contributed by atoms with E-state index >= 15 is 4.39 Å². The number of halogens is 1. The molecule has 3 aromatic carbocycles. The van der Waals surface area contributed by atoms with Crippen LogP contribution in [0.2, 0.25) is 0 Å². The molecule has 242 valence electrons. The predicted molar refractivity (Wildman–Crippen MR) is 172 cm³/mol. The lowest BCUT2D eigenvalue weighted by molar-refractivity contribution is -0.123. The van der Waals surface area contributed by atoms with Gasteiger partial charge in [0.1, 0.15) is 5.75 Å². The van der Waals surface area contributed by atoms with Crippen LogP contribution in [0.25, 0.3) is 0 Å². The number of hydrogen-bond donors (Lipinski definition) is 4. The summed E-state index contributed by atoms with van der Waals surface area (Å²) in [4.78, 5) is 35.9. The fourth-order valence-corrected chi connectivity index (χ4v) is 5.38. The lowest BCUT2D eigenvalue weighted by atomic mass is 9.93. The van der Waals surface area contributed by atoms with Crippen molar-refractivity contribution < 1.29 is 33.7 Å². The summed E-state index contributed by atoms with van der Waals surface area (Å²) < 4.78 is 21.2. The second-order valence-electron chi connectivity index (χ2n) is 11.6. The van der Waals surface area contributed by atoms with Crippen LogP contribution >= 0.6 is 0 Å². The highest BCUT2D eigenvalue weighted by Crippen LogP contribution is 2.29. The van der Waals surface area contributed by atoms with Crippen LogP contribution in [0.15, 0.2) is 66.7 Å². The number of methoxy groups -OCH3 is 1. The number of amides is 2. The molecule has 0 aliphatic carbocycles. The van der Waals surface area contributed by atoms with Gasteiger partial charge in [0.2, 0.25) is 5.91 Å². The minimum Gasteiger partial charge on any atom is -0.497 e. The van der Waals surface area contributed by atoms with E-state index in [2.05, 4.69) is 10.6 Å². The normalized spacial score (nSPS) is 14.3. The van der Waals surface area contributed by atoms with Gasteiger partial charge in [-0.2, -0.15) is 0 Å². The molecule has 0 aromatic heterocycles. The van der Waals surface area contributed by atoms with Crippen molar-refractivity contribution >= 4 is 24.0 Å². The number of nitrogens with one attached hydrogen (secondary N) is 2. The Morgan fingerprint density at radius 3 is 2.44 bits per heavy atom. The molecule has 10 heteroatoms. The van der Waals surface area contributed by atoms with E-state index in [4.69, 9.17) is 14.6 Å². The van der Waals surface area contributed by atoms with Gasteiger partial charge in [-0.15, -0.1) is 0 Å². The Kier molecular flexibility index (Phi) is 13.1. The predicted octanol–water partition coefficient (Wildman–Crippen LogP) is 4.84. The van der Waals surface area contributed by atoms with Gasteiger partial charge in [0, 0.05) is 25.0 Å². The molecule has 3 aromatic rings. The monoisotopic (exact) mass is 621 g/mol. The van der Waals surface area contributed by atoms with Crippen molar-refractivity contribution in [1.29, 1.82) is 0 Å². The van der Waals surface area contributed by atoms with E-state index in [0.717, 1.165) is 28.9 Å². The number of nitrogens with zero attached hydrogens (tertiary/aromatic N) is 1. The first-order valence-electron chi connectivity index (χ1n) is 15.2. The van der Waals surface area contributed by atoms with Crippen LogP contribution in [-0.2, 0) is 28.0 Å². The number of rotatable bonds is 13. The molecule has 1 aliphatic heterocycles. The van der Waals surface area contributed by atoms with Crippen molar-refractivity contribution in [2.75, 3.05) is 25.1 Å². The Labute approximate surface area is 264 Å². The first-order chi connectivity index (χ1) is 21.5. The number of aryl methyl sites for hydroxylation is 1. The zero-order chi connectivity index (χ0) is 33.0. The fraction of sp³-hybridized carbons (Fsp3) is 0.400. The Bertz CT molecular complexity index is 1430. The molecule has 2 atom stereocenters. The molecule has 1 heterocycles. The molecule has 0 unspecified atom stereocenters. The van der Waals surface area contributed by atoms with Crippen molar-refractivity contribution in [1.82, 2.24) is 10.6 Å². The van der Waals surface area contributed by atoms with Crippen LogP contribution in [0.1, 0.15) is 67.1 Å². The molecule has 0 radical (unpaired) electrons. The maximum absolute atomic E-state index is 15.9. The third-order valence-electron chi connectivity index (χ3n) is 7.88. The van der Waals surface area contributed by atoms with Crippen LogP contribution in [0.5, 0.6) is 5.75 Å². The standard InChI is InChI=1S/C34H42FN3O4.CH2O2/c1-5-11-24-18-27(32(35)29(20-24)38-17-10-16-31(38)40)33(41)37-28(19-23-12-7-6-8-13-23)30(39)22-36-34(2,3)25-14-9-15-26(21-25)42-4;2-1-3/h6-9,12-15,18,20-21,28,30,36,39H,5,10-11,16-17,19,22H2,1-4H3,(H,37,41);1H,(H,2,3)/t28-,30+;/m0./s1. The summed E-state index contributed by atoms with van der Waals surface area (Å²) in [6.45, 7) is 6.38. The minimum atomic E-state index is -0.986. The Hall–Kier alpha value is -4.28. The summed E-state index contributed by atoms with van der Waals surface area (Å²) in [5.74, 6) is -0.742. The zero-order valence-corrected chi connectivity index (χ0v) is 26.4. The largest absolute Gasteiger partial charge is 0.497 e. The Morgan fingerprint density at radius 1 is 1.11 bits per heavy atom. The molecular formula is C35H44FN3O6. The highest BCUT2D eigenvalue weighted by Gasteiger charge is 2.30. The molecule has 0 bridgehead atoms. The van der Waals surface area contributed by atoms with Gasteiger partial charge < -0.3 is 30.5 Å². The number of ether oxygens (including phenoxy) is 1. The van der Waals surface area contributed by atoms with Gasteiger partial charge in [-0.1, -0.05) is 55.8 Å². The molecule has 45 heavy (non-hydrogen) atoms. The smallest absolute Gasteiger partial charge is 0.290 e. The summed E-state index contributed by atoms with van der Waals surface area (Å²) in [6, 6.07) is 19.8. The molecule has 0 spiro atoms. The van der Waals surface area contributed by atoms with Crippen molar-refractivity contribution in [2.24, 2.45) is 0 Å². The number of benzene rings is 3. The summed E-state index contributed by atoms with van der Waals surface area (Å²) in [7, 11) is 1.62. The van der Waals surface area contributed by atoms with Crippen molar-refractivity contribution in [3.8, 4) is 5.75 Å². The second kappa shape index (κ2) is 16.7. The number of hydrogen-bond acceptors (Lipinski definition) is 6. The highest BCUT2D eigenvalue weighted by atomic mass is 19.1. The number of carbonyl (C=O) groups excluding carboxylic acids is 2. The van der Waals surface area contributed by atoms with Gasteiger partial charge in [0.15, 0.2) is 5.82 Å². The SMILES string of the molecule is CCCc1cc(C(=O)N[C@@H](Cc2ccccc2)[C@H](O)CNC(C)(C)c2cccc(OC)c2)c(F)c(N2CCCC2=O)c1.O=CO. The van der Waals surface area contributed by atoms with Crippen molar-refractivity contribution in [3.63, 3.8) is 0 Å². The van der Waals surface area contributed by atoms with E-state index in [9.17, 15) is 14.7 Å². The molecule has 4 rings (SSSR count). The zero-order valence-electron chi connectivity index (χ0n) is 26.4. The van der Waals surface area contributed by atoms with Gasteiger partial charge in [0.05, 0.1) is 30.5 Å². The minimum absolute atomic E-state index is 0.120. The summed E-state index contributed by atoms with van der Waals surface area (Å²) in [6.07, 6.45) is 1.84. The van der Waals surface area contributed by atoms with Gasteiger partial charge in [-0.05, 0) is 74.1 Å². The number of carboxylic acid groups (broad SMARTS) is 1. The van der Waals surface area contributed by atoms with E-state index in [1.807, 2.05) is 75.4 Å². The third kappa shape index (κ3) is 9.60. The molecule has 1 aliphatic rings. The highest BCUT2D eigenvalue weighted by molar-refractivity contribution is 6.00. The average molecular weight is 622 g/mol. The molecular weight excluding hydrogens is 577 g/mol. The van der Waals surface area contributed by atoms with Crippen molar-refractivity contribution in [2.45, 2.75) is 70.6 Å². The van der Waals surface area contributed by atoms with E-state index < -0.39 is 29.4 Å². The average Bonchev–Trinajstić information content (AvgIpc) is 3.46. The van der Waals surface area contributed by atoms with Crippen LogP contribution in [-0.4, -0.2) is 60.8 Å². The topological polar surface area (TPSA) is 128 Å². The molecule has 9 nitrogen and oxygen atoms in total. The first-order valence-corrected chi connectivity index (χ1v) is 15.2. The van der Waals surface area contributed by atoms with E-state index in [1.165, 1.54) is 4.90 Å². The van der Waals surface area contributed by atoms with Crippen LogP contribution < -0.4 is 20.3 Å². The summed E-state index contributed by atoms with van der Waals surface area (Å²) in [5, 5.41) is 24.6. The third-order valence-corrected chi connectivity index (χ3v) is 7.88. The molecule has 4 N–H and O–H groups in total. The van der Waals surface area contributed by atoms with Gasteiger partial charge >= 0.3 is 0 Å². The van der Waals surface area contributed by atoms with Gasteiger partial charge in [0.25, 0.3) is 12.4 Å². The van der Waals surface area contributed by atoms with E-state index in [-0.39, 0.29) is 30.2 Å². The van der Waals surface area contributed by atoms with Crippen LogP contribution in [0, 0.1) is 5.82 Å². The number of anilines is 1. The maximum atomic E-state index is 15.9. The van der Waals surface area contributed by atoms with Crippen LogP contribution in [0.3, 0.4) is 0 Å². The summed E-state index contributed by atoms with van der Waals surface area (Å²) in [5.41, 5.74) is 2.23. The molecule has 1 fully saturated rings. The number of aliphatic hydroxyl groups is 1. The fourth-order valence-electron chi connectivity index (χ4n) is 5.38. The molecule has 0 saturated carbocycles. The molecule has 1 saturated heterocycles. The second-order valence-corrected chi connectivity index (χ2v) is 11.6. The Balaban J connectivity index is 0.00000177. The van der Waals surface area contributed by atoms with Crippen LogP contribution in [0.4, 0.5) is 10.1 Å². The van der Waals surface area contributed by atoms with Gasteiger partial charge in [-0.25, -0.2) is 4.39 Å². The van der Waals surface area contributed by atoms with E-state index in [1.54, 1.807) is 19.2 Å². The van der Waals surface area contributed by atoms with E-state index in [0.29, 0.717) is 32.2 Å². The summed E-state index contributed by atoms with van der Waals surface area (Å²) >= 11 is 0. The van der Waals surface area contributed by atoms with Crippen molar-refractivity contribution in [3.05, 3.63) is 94.8 Å². The quantitative estimate of drug-likeness (QED) is 0.201. The maximum Gasteiger partial charge on any atom is 0.290 e. The first kappa shape index (κ1) is 35.2. The lowest BCUT2D eigenvalue weighted by Crippen LogP contribution is -2.51. The lowest BCUT2D eigenvalue weighted by Gasteiger charge is -2.31. The number of aliphatic hydroxyl groups excluding tert-OH is 1. The number of carbonyl (C=O) groups is 3. The molecule has 2 amide bonds. The van der Waals surface area contributed by atoms with Gasteiger partial charge in [-0.3, -0.25) is 14.4 Å². The Morgan fingerprint density at radius 2 is 1.82 bits per heavy atom.